The zero-order valence-corrected chi connectivity index (χ0v) is 19.2. The Bertz CT molecular complexity index is 1290. The Kier molecular flexibility index (Phi) is 6.42. The molecule has 0 saturated carbocycles. The first-order valence-corrected chi connectivity index (χ1v) is 11.7. The van der Waals surface area contributed by atoms with Crippen molar-refractivity contribution in [3.8, 4) is 22.3 Å². The summed E-state index contributed by atoms with van der Waals surface area (Å²) in [5.74, 6) is 0.545. The van der Waals surface area contributed by atoms with E-state index in [0.717, 1.165) is 48.3 Å². The average Bonchev–Trinajstić information content (AvgIpc) is 2.86. The number of nitrogens with zero attached hydrogens (tertiary/aromatic N) is 3. The van der Waals surface area contributed by atoms with Gasteiger partial charge >= 0.3 is 0 Å². The molecule has 178 valence electrons. The Morgan fingerprint density at radius 1 is 0.800 bits per heavy atom. The van der Waals surface area contributed by atoms with Gasteiger partial charge in [0.05, 0.1) is 5.56 Å². The monoisotopic (exact) mass is 471 g/mol. The van der Waals surface area contributed by atoms with Gasteiger partial charge in [0.15, 0.2) is 0 Å². The highest BCUT2D eigenvalue weighted by molar-refractivity contribution is 5.84. The predicted molar refractivity (Wildman–Crippen MR) is 136 cm³/mol. The molecule has 5 nitrogen and oxygen atoms in total. The van der Waals surface area contributed by atoms with Crippen molar-refractivity contribution in [2.45, 2.75) is 31.3 Å². The summed E-state index contributed by atoms with van der Waals surface area (Å²) >= 11 is 0. The van der Waals surface area contributed by atoms with Gasteiger partial charge in [-0.3, -0.25) is 0 Å². The van der Waals surface area contributed by atoms with Crippen LogP contribution in [0, 0.1) is 11.6 Å². The van der Waals surface area contributed by atoms with Gasteiger partial charge in [-0.15, -0.1) is 0 Å². The minimum atomic E-state index is -0.309. The second-order valence-electron chi connectivity index (χ2n) is 9.00. The van der Waals surface area contributed by atoms with E-state index in [1.165, 1.54) is 36.2 Å². The summed E-state index contributed by atoms with van der Waals surface area (Å²) in [5, 5.41) is 0. The molecule has 35 heavy (non-hydrogen) atoms. The topological polar surface area (TPSA) is 81.1 Å². The lowest BCUT2D eigenvalue weighted by Crippen LogP contribution is -2.48. The molecule has 2 atom stereocenters. The molecule has 1 aliphatic heterocycles. The van der Waals surface area contributed by atoms with Crippen LogP contribution in [0.1, 0.15) is 18.4 Å². The molecule has 1 saturated heterocycles. The third-order valence-corrected chi connectivity index (χ3v) is 6.62. The summed E-state index contributed by atoms with van der Waals surface area (Å²) in [4.78, 5) is 11.1. The molecule has 2 unspecified atom stereocenters. The molecule has 7 heteroatoms. The lowest BCUT2D eigenvalue weighted by atomic mass is 9.91. The van der Waals surface area contributed by atoms with Gasteiger partial charge < -0.3 is 16.4 Å². The van der Waals surface area contributed by atoms with E-state index in [0.29, 0.717) is 11.4 Å². The smallest absolute Gasteiger partial charge is 0.142 e. The van der Waals surface area contributed by atoms with Crippen molar-refractivity contribution in [2.24, 2.45) is 5.73 Å². The normalized spacial score (nSPS) is 18.0. The highest BCUT2D eigenvalue weighted by Crippen LogP contribution is 2.36. The van der Waals surface area contributed by atoms with Gasteiger partial charge in [0, 0.05) is 18.6 Å². The zero-order chi connectivity index (χ0) is 24.4. The largest absolute Gasteiger partial charge is 0.383 e. The average molecular weight is 472 g/mol. The van der Waals surface area contributed by atoms with Crippen molar-refractivity contribution in [3.63, 3.8) is 0 Å². The Hall–Kier alpha value is -3.84. The van der Waals surface area contributed by atoms with Crippen molar-refractivity contribution < 1.29 is 8.78 Å². The molecule has 0 radical (unpaired) electrons. The van der Waals surface area contributed by atoms with Crippen molar-refractivity contribution in [1.82, 2.24) is 9.97 Å². The van der Waals surface area contributed by atoms with Crippen molar-refractivity contribution in [2.75, 3.05) is 17.2 Å². The summed E-state index contributed by atoms with van der Waals surface area (Å²) in [6.45, 7) is 0.740. The number of halogens is 2. The third-order valence-electron chi connectivity index (χ3n) is 6.62. The van der Waals surface area contributed by atoms with Crippen LogP contribution in [0.25, 0.3) is 22.3 Å². The lowest BCUT2D eigenvalue weighted by molar-refractivity contribution is 0.406. The molecule has 0 amide bonds. The first kappa shape index (κ1) is 22.9. The molecule has 1 aromatic heterocycles. The second kappa shape index (κ2) is 9.80. The van der Waals surface area contributed by atoms with Crippen LogP contribution in [0.5, 0.6) is 0 Å². The van der Waals surface area contributed by atoms with Crippen LogP contribution in [0.15, 0.2) is 79.1 Å². The Labute approximate surface area is 203 Å². The maximum atomic E-state index is 13.6. The Morgan fingerprint density at radius 2 is 1.37 bits per heavy atom. The summed E-state index contributed by atoms with van der Waals surface area (Å²) in [6.07, 6.45) is 3.91. The summed E-state index contributed by atoms with van der Waals surface area (Å²) in [6, 6.07) is 21.3. The zero-order valence-electron chi connectivity index (χ0n) is 19.2. The van der Waals surface area contributed by atoms with E-state index in [4.69, 9.17) is 11.5 Å². The molecule has 0 aliphatic carbocycles. The minimum absolute atomic E-state index is 0.100. The van der Waals surface area contributed by atoms with Crippen molar-refractivity contribution in [3.05, 3.63) is 96.3 Å². The van der Waals surface area contributed by atoms with Gasteiger partial charge in [0.25, 0.3) is 0 Å². The molecule has 4 N–H and O–H groups in total. The Balaban J connectivity index is 1.44. The molecule has 4 aromatic rings. The highest BCUT2D eigenvalue weighted by atomic mass is 19.1. The number of aromatic nitrogens is 2. The third kappa shape index (κ3) is 5.00. The molecule has 0 bridgehead atoms. The number of nitrogen functional groups attached to an aromatic ring is 1. The van der Waals surface area contributed by atoms with Crippen LogP contribution in [0.4, 0.5) is 20.4 Å². The van der Waals surface area contributed by atoms with Gasteiger partial charge in [0.1, 0.15) is 29.6 Å². The quantitative estimate of drug-likeness (QED) is 0.418. The van der Waals surface area contributed by atoms with E-state index < -0.39 is 0 Å². The number of anilines is 2. The summed E-state index contributed by atoms with van der Waals surface area (Å²) in [5.41, 5.74) is 17.3. The van der Waals surface area contributed by atoms with Gasteiger partial charge in [-0.05, 0) is 65.8 Å². The van der Waals surface area contributed by atoms with Crippen LogP contribution in [0.2, 0.25) is 0 Å². The molecule has 3 aromatic carbocycles. The molecule has 2 heterocycles. The van der Waals surface area contributed by atoms with E-state index in [1.807, 2.05) is 0 Å². The number of nitrogens with two attached hydrogens (primary N) is 2. The van der Waals surface area contributed by atoms with Crippen LogP contribution in [-0.4, -0.2) is 28.6 Å². The van der Waals surface area contributed by atoms with Gasteiger partial charge in [-0.2, -0.15) is 0 Å². The summed E-state index contributed by atoms with van der Waals surface area (Å²) in [7, 11) is 0. The second-order valence-corrected chi connectivity index (χ2v) is 9.00. The SMILES string of the molecule is Nc1ncnc(N2CCC(N)CC2Cc2ccc(-c3ccc(F)cc3)cc2)c1-c1ccc(F)cc1. The fraction of sp³-hybridized carbons (Fsp3) is 0.214. The maximum absolute atomic E-state index is 13.6. The van der Waals surface area contributed by atoms with Crippen molar-refractivity contribution >= 4 is 11.6 Å². The highest BCUT2D eigenvalue weighted by Gasteiger charge is 2.30. The minimum Gasteiger partial charge on any atom is -0.383 e. The Morgan fingerprint density at radius 3 is 2.00 bits per heavy atom. The van der Waals surface area contributed by atoms with E-state index in [-0.39, 0.29) is 23.7 Å². The lowest BCUT2D eigenvalue weighted by Gasteiger charge is -2.40. The first-order valence-electron chi connectivity index (χ1n) is 11.7. The standard InChI is InChI=1S/C28H27F2N5/c29-22-9-5-20(6-10-22)19-3-1-18(2-4-19)15-25-16-24(31)13-14-35(25)28-26(27(32)33-17-34-28)21-7-11-23(30)12-8-21/h1-12,17,24-25H,13-16,31H2,(H2,32,33,34). The van der Waals surface area contributed by atoms with Gasteiger partial charge in [-0.1, -0.05) is 48.5 Å². The number of hydrogen-bond donors (Lipinski definition) is 2. The number of benzene rings is 3. The maximum Gasteiger partial charge on any atom is 0.142 e. The molecular weight excluding hydrogens is 444 g/mol. The number of hydrogen-bond acceptors (Lipinski definition) is 5. The molecule has 1 aliphatic rings. The van der Waals surface area contributed by atoms with E-state index in [9.17, 15) is 8.78 Å². The summed E-state index contributed by atoms with van der Waals surface area (Å²) < 4.78 is 26.8. The van der Waals surface area contributed by atoms with Crippen molar-refractivity contribution in [1.29, 1.82) is 0 Å². The fourth-order valence-electron chi connectivity index (χ4n) is 4.80. The van der Waals surface area contributed by atoms with Crippen LogP contribution in [-0.2, 0) is 6.42 Å². The molecule has 1 fully saturated rings. The predicted octanol–water partition coefficient (Wildman–Crippen LogP) is 5.21. The van der Waals surface area contributed by atoms with Gasteiger partial charge in [-0.25, -0.2) is 18.7 Å². The van der Waals surface area contributed by atoms with Crippen LogP contribution in [0.3, 0.4) is 0 Å². The van der Waals surface area contributed by atoms with Crippen LogP contribution >= 0.6 is 0 Å². The van der Waals surface area contributed by atoms with Crippen LogP contribution < -0.4 is 16.4 Å². The first-order chi connectivity index (χ1) is 17.0. The fourth-order valence-corrected chi connectivity index (χ4v) is 4.80. The van der Waals surface area contributed by atoms with E-state index >= 15 is 0 Å². The molecular formula is C28H27F2N5. The van der Waals surface area contributed by atoms with E-state index in [2.05, 4.69) is 39.1 Å². The number of rotatable bonds is 5. The van der Waals surface area contributed by atoms with Gasteiger partial charge in [0.2, 0.25) is 0 Å². The van der Waals surface area contributed by atoms with E-state index in [1.54, 1.807) is 24.3 Å². The number of piperidine rings is 1. The molecule has 5 rings (SSSR count). The molecule has 0 spiro atoms.